The summed E-state index contributed by atoms with van der Waals surface area (Å²) in [7, 11) is 0. The topological polar surface area (TPSA) is 15.3 Å². The Kier molecular flexibility index (Phi) is 3.25. The van der Waals surface area contributed by atoms with E-state index >= 15 is 0 Å². The number of allylic oxidation sites excluding steroid dienone is 3. The molecule has 1 spiro atoms. The highest BCUT2D eigenvalue weighted by Crippen LogP contribution is 2.48. The third kappa shape index (κ3) is 1.77. The lowest BCUT2D eigenvalue weighted by atomic mass is 9.71. The van der Waals surface area contributed by atoms with Crippen LogP contribution in [-0.4, -0.2) is 24.5 Å². The predicted octanol–water partition coefficient (Wildman–Crippen LogP) is 2.83. The zero-order valence-electron chi connectivity index (χ0n) is 10.8. The first-order valence-electron chi connectivity index (χ1n) is 6.36. The van der Waals surface area contributed by atoms with Gasteiger partial charge in [0.15, 0.2) is 0 Å². The van der Waals surface area contributed by atoms with Gasteiger partial charge in [0, 0.05) is 16.8 Å². The van der Waals surface area contributed by atoms with Crippen molar-refractivity contribution in [1.82, 2.24) is 10.2 Å². The lowest BCUT2D eigenvalue weighted by Gasteiger charge is -2.40. The number of piperidine rings is 1. The van der Waals surface area contributed by atoms with Crippen LogP contribution in [0.4, 0.5) is 0 Å². The summed E-state index contributed by atoms with van der Waals surface area (Å²) in [5, 5.41) is 3.38. The first-order valence-corrected chi connectivity index (χ1v) is 6.36. The molecule has 2 heteroatoms. The van der Waals surface area contributed by atoms with E-state index in [1.165, 1.54) is 5.57 Å². The number of nitrogens with one attached hydrogen (secondary N) is 1. The molecule has 0 aromatic rings. The molecule has 0 bridgehead atoms. The lowest BCUT2D eigenvalue weighted by molar-refractivity contribution is 0.165. The van der Waals surface area contributed by atoms with Gasteiger partial charge in [-0.15, -0.1) is 0 Å². The summed E-state index contributed by atoms with van der Waals surface area (Å²) in [6, 6.07) is 0. The van der Waals surface area contributed by atoms with Gasteiger partial charge >= 0.3 is 0 Å². The average molecular weight is 230 g/mol. The molecule has 17 heavy (non-hydrogen) atoms. The first-order chi connectivity index (χ1) is 8.17. The van der Waals surface area contributed by atoms with Gasteiger partial charge in [0.1, 0.15) is 0 Å². The summed E-state index contributed by atoms with van der Waals surface area (Å²) in [6.07, 6.45) is 6.11. The maximum atomic E-state index is 4.21. The van der Waals surface area contributed by atoms with Gasteiger partial charge in [-0.25, -0.2) is 0 Å². The van der Waals surface area contributed by atoms with E-state index in [-0.39, 0.29) is 5.41 Å². The minimum atomic E-state index is 0.0942. The van der Waals surface area contributed by atoms with Crippen molar-refractivity contribution < 1.29 is 0 Å². The van der Waals surface area contributed by atoms with Gasteiger partial charge in [0.25, 0.3) is 0 Å². The number of nitrogens with zero attached hydrogens (tertiary/aromatic N) is 1. The molecule has 2 heterocycles. The molecule has 92 valence electrons. The molecule has 0 aromatic heterocycles. The van der Waals surface area contributed by atoms with Crippen LogP contribution in [0.3, 0.4) is 0 Å². The van der Waals surface area contributed by atoms with Gasteiger partial charge in [0.2, 0.25) is 0 Å². The molecular weight excluding hydrogens is 208 g/mol. The molecule has 0 aliphatic carbocycles. The average Bonchev–Trinajstić information content (AvgIpc) is 2.63. The Bertz CT molecular complexity index is 382. The van der Waals surface area contributed by atoms with Crippen molar-refractivity contribution in [3.05, 3.63) is 48.9 Å². The zero-order valence-corrected chi connectivity index (χ0v) is 10.8. The Morgan fingerprint density at radius 3 is 2.41 bits per heavy atom. The van der Waals surface area contributed by atoms with E-state index in [4.69, 9.17) is 0 Å². The molecule has 2 aliphatic heterocycles. The molecule has 2 aliphatic rings. The van der Waals surface area contributed by atoms with Crippen LogP contribution >= 0.6 is 0 Å². The van der Waals surface area contributed by atoms with E-state index in [0.717, 1.165) is 43.9 Å². The fourth-order valence-electron chi connectivity index (χ4n) is 3.06. The van der Waals surface area contributed by atoms with Crippen LogP contribution in [0.1, 0.15) is 19.8 Å². The molecule has 0 aromatic carbocycles. The van der Waals surface area contributed by atoms with Gasteiger partial charge in [-0.05, 0) is 44.1 Å². The SMILES string of the molecule is C=CC1=C(C=C)C2(CCN(CC)CC2)C(=C)N1. The molecule has 2 rings (SSSR count). The highest BCUT2D eigenvalue weighted by atomic mass is 15.1. The van der Waals surface area contributed by atoms with Crippen molar-refractivity contribution in [3.8, 4) is 0 Å². The van der Waals surface area contributed by atoms with Crippen LogP contribution in [-0.2, 0) is 0 Å². The monoisotopic (exact) mass is 230 g/mol. The zero-order chi connectivity index (χ0) is 12.5. The largest absolute Gasteiger partial charge is 0.358 e. The Hall–Kier alpha value is -1.28. The molecule has 2 nitrogen and oxygen atoms in total. The van der Waals surface area contributed by atoms with E-state index in [1.54, 1.807) is 0 Å². The summed E-state index contributed by atoms with van der Waals surface area (Å²) in [5.41, 5.74) is 3.60. The first kappa shape index (κ1) is 12.2. The fourth-order valence-corrected chi connectivity index (χ4v) is 3.06. The Morgan fingerprint density at radius 1 is 1.29 bits per heavy atom. The molecule has 0 radical (unpaired) electrons. The fraction of sp³-hybridized carbons (Fsp3) is 0.467. The minimum Gasteiger partial charge on any atom is -0.358 e. The normalized spacial score (nSPS) is 23.9. The number of hydrogen-bond donors (Lipinski definition) is 1. The van der Waals surface area contributed by atoms with E-state index in [1.807, 2.05) is 12.2 Å². The van der Waals surface area contributed by atoms with E-state index in [0.29, 0.717) is 0 Å². The summed E-state index contributed by atoms with van der Waals surface area (Å²) in [4.78, 5) is 2.49. The molecule has 1 N–H and O–H groups in total. The van der Waals surface area contributed by atoms with Crippen LogP contribution < -0.4 is 5.32 Å². The van der Waals surface area contributed by atoms with Crippen molar-refractivity contribution in [1.29, 1.82) is 0 Å². The second kappa shape index (κ2) is 4.53. The molecule has 0 atom stereocenters. The summed E-state index contributed by atoms with van der Waals surface area (Å²) in [5.74, 6) is 0. The summed E-state index contributed by atoms with van der Waals surface area (Å²) >= 11 is 0. The quantitative estimate of drug-likeness (QED) is 0.802. The van der Waals surface area contributed by atoms with Crippen LogP contribution in [0.25, 0.3) is 0 Å². The van der Waals surface area contributed by atoms with E-state index < -0.39 is 0 Å². The van der Waals surface area contributed by atoms with Gasteiger partial charge in [-0.1, -0.05) is 32.7 Å². The molecule has 0 unspecified atom stereocenters. The highest BCUT2D eigenvalue weighted by molar-refractivity contribution is 5.49. The molecule has 1 fully saturated rings. The van der Waals surface area contributed by atoms with Gasteiger partial charge in [-0.2, -0.15) is 0 Å². The van der Waals surface area contributed by atoms with Crippen LogP contribution in [0.5, 0.6) is 0 Å². The number of rotatable bonds is 3. The highest BCUT2D eigenvalue weighted by Gasteiger charge is 2.44. The Morgan fingerprint density at radius 2 is 1.94 bits per heavy atom. The molecular formula is C15H22N2. The number of likely N-dealkylation sites (tertiary alicyclic amines) is 1. The summed E-state index contributed by atoms with van der Waals surface area (Å²) in [6.45, 7) is 17.7. The van der Waals surface area contributed by atoms with E-state index in [9.17, 15) is 0 Å². The second-order valence-electron chi connectivity index (χ2n) is 4.86. The van der Waals surface area contributed by atoms with Crippen molar-refractivity contribution in [2.75, 3.05) is 19.6 Å². The molecule has 0 amide bonds. The minimum absolute atomic E-state index is 0.0942. The third-order valence-electron chi connectivity index (χ3n) is 4.23. The van der Waals surface area contributed by atoms with Crippen LogP contribution in [0, 0.1) is 5.41 Å². The standard InChI is InChI=1S/C15H22N2/c1-5-13-14(6-2)16-12(4)15(13)8-10-17(7-3)11-9-15/h5-6,16H,1-2,4,7-11H2,3H3. The van der Waals surface area contributed by atoms with Gasteiger partial charge < -0.3 is 10.2 Å². The van der Waals surface area contributed by atoms with Crippen LogP contribution in [0.15, 0.2) is 48.9 Å². The van der Waals surface area contributed by atoms with Crippen molar-refractivity contribution in [3.63, 3.8) is 0 Å². The Labute approximate surface area is 104 Å². The predicted molar refractivity (Wildman–Crippen MR) is 73.5 cm³/mol. The molecule has 1 saturated heterocycles. The van der Waals surface area contributed by atoms with Gasteiger partial charge in [0.05, 0.1) is 0 Å². The lowest BCUT2D eigenvalue weighted by Crippen LogP contribution is -2.41. The summed E-state index contributed by atoms with van der Waals surface area (Å²) < 4.78 is 0. The van der Waals surface area contributed by atoms with Gasteiger partial charge in [-0.3, -0.25) is 0 Å². The third-order valence-corrected chi connectivity index (χ3v) is 4.23. The van der Waals surface area contributed by atoms with Crippen molar-refractivity contribution >= 4 is 0 Å². The van der Waals surface area contributed by atoms with Crippen molar-refractivity contribution in [2.24, 2.45) is 5.41 Å². The maximum absolute atomic E-state index is 4.21. The smallest absolute Gasteiger partial charge is 0.0418 e. The Balaban J connectivity index is 2.30. The van der Waals surface area contributed by atoms with Crippen LogP contribution in [0.2, 0.25) is 0 Å². The molecule has 0 saturated carbocycles. The van der Waals surface area contributed by atoms with E-state index in [2.05, 4.69) is 36.9 Å². The second-order valence-corrected chi connectivity index (χ2v) is 4.86. The van der Waals surface area contributed by atoms with Crippen molar-refractivity contribution in [2.45, 2.75) is 19.8 Å². The maximum Gasteiger partial charge on any atom is 0.0418 e. The number of hydrogen-bond acceptors (Lipinski definition) is 2.